The van der Waals surface area contributed by atoms with E-state index < -0.39 is 0 Å². The van der Waals surface area contributed by atoms with Gasteiger partial charge in [0.15, 0.2) is 0 Å². The van der Waals surface area contributed by atoms with Gasteiger partial charge < -0.3 is 18.9 Å². The molecule has 0 aliphatic carbocycles. The molecule has 156 valence electrons. The van der Waals surface area contributed by atoms with Gasteiger partial charge in [-0.15, -0.1) is 11.8 Å². The van der Waals surface area contributed by atoms with Crippen molar-refractivity contribution >= 4 is 29.4 Å². The van der Waals surface area contributed by atoms with Gasteiger partial charge in [-0.25, -0.2) is 9.78 Å². The standard InChI is InChI=1S/C22H24N4O3S/c1-2-29-22(28)25-13-11-24(12-14-25)21(27)17-6-8-19(9-7-17)30-16-18-15-26-10-4-3-5-20(26)23-18/h3-10,15H,2,11-14,16H2,1H3. The second-order valence-electron chi connectivity index (χ2n) is 6.99. The molecule has 1 fully saturated rings. The highest BCUT2D eigenvalue weighted by Crippen LogP contribution is 2.23. The minimum Gasteiger partial charge on any atom is -0.450 e. The summed E-state index contributed by atoms with van der Waals surface area (Å²) < 4.78 is 7.04. The number of amides is 2. The van der Waals surface area contributed by atoms with Crippen molar-refractivity contribution in [2.75, 3.05) is 32.8 Å². The molecule has 7 nitrogen and oxygen atoms in total. The Balaban J connectivity index is 1.31. The van der Waals surface area contributed by atoms with Crippen LogP contribution in [0.3, 0.4) is 0 Å². The average molecular weight is 425 g/mol. The highest BCUT2D eigenvalue weighted by Gasteiger charge is 2.25. The first kappa shape index (κ1) is 20.3. The normalized spacial score (nSPS) is 14.2. The van der Waals surface area contributed by atoms with E-state index in [9.17, 15) is 9.59 Å². The van der Waals surface area contributed by atoms with Crippen molar-refractivity contribution in [1.29, 1.82) is 0 Å². The number of nitrogens with zero attached hydrogens (tertiary/aromatic N) is 4. The third-order valence-electron chi connectivity index (χ3n) is 4.99. The van der Waals surface area contributed by atoms with Crippen molar-refractivity contribution < 1.29 is 14.3 Å². The van der Waals surface area contributed by atoms with E-state index in [0.29, 0.717) is 38.3 Å². The van der Waals surface area contributed by atoms with Crippen molar-refractivity contribution in [2.45, 2.75) is 17.6 Å². The Morgan fingerprint density at radius 1 is 1.03 bits per heavy atom. The summed E-state index contributed by atoms with van der Waals surface area (Å²) in [5.41, 5.74) is 2.62. The number of aromatic nitrogens is 2. The van der Waals surface area contributed by atoms with E-state index in [1.54, 1.807) is 28.5 Å². The highest BCUT2D eigenvalue weighted by molar-refractivity contribution is 7.98. The summed E-state index contributed by atoms with van der Waals surface area (Å²) in [6, 6.07) is 13.6. The average Bonchev–Trinajstić information content (AvgIpc) is 3.21. The Morgan fingerprint density at radius 3 is 2.47 bits per heavy atom. The number of carbonyl (C=O) groups excluding carboxylic acids is 2. The predicted molar refractivity (Wildman–Crippen MR) is 116 cm³/mol. The van der Waals surface area contributed by atoms with E-state index in [2.05, 4.69) is 4.98 Å². The van der Waals surface area contributed by atoms with Crippen LogP contribution in [0.2, 0.25) is 0 Å². The first-order valence-electron chi connectivity index (χ1n) is 10.0. The van der Waals surface area contributed by atoms with Crippen LogP contribution < -0.4 is 0 Å². The third kappa shape index (κ3) is 4.59. The highest BCUT2D eigenvalue weighted by atomic mass is 32.2. The van der Waals surface area contributed by atoms with E-state index in [-0.39, 0.29) is 12.0 Å². The van der Waals surface area contributed by atoms with E-state index in [1.807, 2.05) is 59.3 Å². The number of pyridine rings is 1. The number of hydrogen-bond donors (Lipinski definition) is 0. The molecule has 4 rings (SSSR count). The summed E-state index contributed by atoms with van der Waals surface area (Å²) in [5.74, 6) is 0.764. The Hall–Kier alpha value is -3.00. The molecular formula is C22H24N4O3S. The fourth-order valence-electron chi connectivity index (χ4n) is 3.40. The number of thioether (sulfide) groups is 1. The zero-order valence-electron chi connectivity index (χ0n) is 16.9. The van der Waals surface area contributed by atoms with Crippen LogP contribution in [0, 0.1) is 0 Å². The number of imidazole rings is 1. The molecule has 1 aliphatic heterocycles. The van der Waals surface area contributed by atoms with E-state index in [4.69, 9.17) is 4.74 Å². The molecule has 0 spiro atoms. The minimum absolute atomic E-state index is 0.00425. The summed E-state index contributed by atoms with van der Waals surface area (Å²) in [4.78, 5) is 33.7. The molecule has 3 heterocycles. The molecule has 8 heteroatoms. The molecule has 0 unspecified atom stereocenters. The number of rotatable bonds is 5. The maximum absolute atomic E-state index is 12.8. The lowest BCUT2D eigenvalue weighted by molar-refractivity contribution is 0.0570. The zero-order chi connectivity index (χ0) is 20.9. The fourth-order valence-corrected chi connectivity index (χ4v) is 4.18. The largest absolute Gasteiger partial charge is 0.450 e. The van der Waals surface area contributed by atoms with E-state index in [0.717, 1.165) is 22.0 Å². The first-order valence-corrected chi connectivity index (χ1v) is 11.0. The van der Waals surface area contributed by atoms with Gasteiger partial charge in [-0.3, -0.25) is 4.79 Å². The van der Waals surface area contributed by atoms with Crippen LogP contribution in [0.5, 0.6) is 0 Å². The summed E-state index contributed by atoms with van der Waals surface area (Å²) >= 11 is 1.69. The Kier molecular flexibility index (Phi) is 6.23. The topological polar surface area (TPSA) is 67.2 Å². The van der Waals surface area contributed by atoms with Gasteiger partial charge in [0.2, 0.25) is 0 Å². The van der Waals surface area contributed by atoms with E-state index >= 15 is 0 Å². The van der Waals surface area contributed by atoms with Crippen LogP contribution in [-0.2, 0) is 10.5 Å². The predicted octanol–water partition coefficient (Wildman–Crippen LogP) is 3.54. The van der Waals surface area contributed by atoms with Crippen LogP contribution >= 0.6 is 11.8 Å². The van der Waals surface area contributed by atoms with Crippen LogP contribution in [0.15, 0.2) is 59.8 Å². The van der Waals surface area contributed by atoms with Gasteiger partial charge in [-0.05, 0) is 43.3 Å². The van der Waals surface area contributed by atoms with Crippen molar-refractivity contribution in [1.82, 2.24) is 19.2 Å². The van der Waals surface area contributed by atoms with Gasteiger partial charge in [0.05, 0.1) is 12.3 Å². The quantitative estimate of drug-likeness (QED) is 0.586. The minimum atomic E-state index is -0.309. The molecule has 0 N–H and O–H groups in total. The molecule has 1 aromatic carbocycles. The van der Waals surface area contributed by atoms with Crippen LogP contribution in [-0.4, -0.2) is 64.0 Å². The van der Waals surface area contributed by atoms with Gasteiger partial charge in [0.1, 0.15) is 5.65 Å². The summed E-state index contributed by atoms with van der Waals surface area (Å²) in [6.45, 7) is 4.18. The van der Waals surface area contributed by atoms with Crippen molar-refractivity contribution in [3.63, 3.8) is 0 Å². The Morgan fingerprint density at radius 2 is 1.77 bits per heavy atom. The maximum Gasteiger partial charge on any atom is 0.409 e. The molecule has 0 radical (unpaired) electrons. The summed E-state index contributed by atoms with van der Waals surface area (Å²) in [6.07, 6.45) is 3.72. The fraction of sp³-hybridized carbons (Fsp3) is 0.318. The lowest BCUT2D eigenvalue weighted by Gasteiger charge is -2.34. The number of fused-ring (bicyclic) bond motifs is 1. The SMILES string of the molecule is CCOC(=O)N1CCN(C(=O)c2ccc(SCc3cn4ccccc4n3)cc2)CC1. The molecule has 2 amide bonds. The van der Waals surface area contributed by atoms with Crippen LogP contribution in [0.25, 0.3) is 5.65 Å². The van der Waals surface area contributed by atoms with Gasteiger partial charge in [0, 0.05) is 54.8 Å². The second kappa shape index (κ2) is 9.21. The molecule has 30 heavy (non-hydrogen) atoms. The molecular weight excluding hydrogens is 400 g/mol. The number of piperazine rings is 1. The van der Waals surface area contributed by atoms with Crippen molar-refractivity contribution in [3.05, 3.63) is 66.1 Å². The van der Waals surface area contributed by atoms with Crippen LogP contribution in [0.1, 0.15) is 23.0 Å². The smallest absolute Gasteiger partial charge is 0.409 e. The number of carbonyl (C=O) groups is 2. The molecule has 3 aromatic rings. The number of ether oxygens (including phenoxy) is 1. The lowest BCUT2D eigenvalue weighted by atomic mass is 10.2. The monoisotopic (exact) mass is 424 g/mol. The van der Waals surface area contributed by atoms with Crippen molar-refractivity contribution in [3.8, 4) is 0 Å². The molecule has 2 aromatic heterocycles. The maximum atomic E-state index is 12.8. The van der Waals surface area contributed by atoms with Gasteiger partial charge in [-0.2, -0.15) is 0 Å². The first-order chi connectivity index (χ1) is 14.6. The zero-order valence-corrected chi connectivity index (χ0v) is 17.7. The van der Waals surface area contributed by atoms with Gasteiger partial charge in [0.25, 0.3) is 5.91 Å². The van der Waals surface area contributed by atoms with Crippen LogP contribution in [0.4, 0.5) is 4.79 Å². The molecule has 1 saturated heterocycles. The number of hydrogen-bond acceptors (Lipinski definition) is 5. The summed E-state index contributed by atoms with van der Waals surface area (Å²) in [5, 5.41) is 0. The van der Waals surface area contributed by atoms with Gasteiger partial charge in [-0.1, -0.05) is 6.07 Å². The molecule has 0 saturated carbocycles. The van der Waals surface area contributed by atoms with E-state index in [1.165, 1.54) is 0 Å². The van der Waals surface area contributed by atoms with Gasteiger partial charge >= 0.3 is 6.09 Å². The molecule has 1 aliphatic rings. The van der Waals surface area contributed by atoms with Crippen molar-refractivity contribution in [2.24, 2.45) is 0 Å². The molecule has 0 atom stereocenters. The Labute approximate surface area is 179 Å². The summed E-state index contributed by atoms with van der Waals surface area (Å²) in [7, 11) is 0. The molecule has 0 bridgehead atoms. The lowest BCUT2D eigenvalue weighted by Crippen LogP contribution is -2.50. The Bertz CT molecular complexity index is 993. The second-order valence-corrected chi connectivity index (χ2v) is 8.04. The number of benzene rings is 1. The third-order valence-corrected chi connectivity index (χ3v) is 6.04.